The van der Waals surface area contributed by atoms with Gasteiger partial charge < -0.3 is 35.3 Å². The van der Waals surface area contributed by atoms with Gasteiger partial charge in [0.1, 0.15) is 12.3 Å². The van der Waals surface area contributed by atoms with Gasteiger partial charge in [0.25, 0.3) is 16.8 Å². The molecule has 2 aromatic rings. The Hall–Kier alpha value is -3.54. The quantitative estimate of drug-likeness (QED) is 0.148. The highest BCUT2D eigenvalue weighted by molar-refractivity contribution is 5.94. The monoisotopic (exact) mass is 487 g/mol. The fraction of sp³-hybridized carbons (Fsp3) is 0.417. The highest BCUT2D eigenvalue weighted by Crippen LogP contribution is 2.27. The predicted octanol–water partition coefficient (Wildman–Crippen LogP) is 0.204. The van der Waals surface area contributed by atoms with Gasteiger partial charge in [-0.25, -0.2) is 0 Å². The van der Waals surface area contributed by atoms with Gasteiger partial charge in [-0.1, -0.05) is 11.6 Å². The lowest BCUT2D eigenvalue weighted by molar-refractivity contribution is -0.126. The van der Waals surface area contributed by atoms with Crippen molar-refractivity contribution in [3.63, 3.8) is 0 Å². The van der Waals surface area contributed by atoms with Crippen LogP contribution in [0.2, 0.25) is 0 Å². The molecule has 0 bridgehead atoms. The second-order valence-corrected chi connectivity index (χ2v) is 7.95. The summed E-state index contributed by atoms with van der Waals surface area (Å²) in [6.45, 7) is 4.71. The van der Waals surface area contributed by atoms with Crippen molar-refractivity contribution in [2.24, 2.45) is 5.92 Å². The van der Waals surface area contributed by atoms with Crippen molar-refractivity contribution >= 4 is 23.2 Å². The summed E-state index contributed by atoms with van der Waals surface area (Å²) in [5, 5.41) is 17.5. The number of aromatic hydroxyl groups is 1. The molecular formula is C24H29N3O8. The maximum atomic E-state index is 12.2. The van der Waals surface area contributed by atoms with Crippen molar-refractivity contribution in [3.8, 4) is 5.75 Å². The number of rotatable bonds is 16. The lowest BCUT2D eigenvalue weighted by Gasteiger charge is -2.10. The molecule has 0 radical (unpaired) electrons. The van der Waals surface area contributed by atoms with E-state index in [2.05, 4.69) is 22.0 Å². The van der Waals surface area contributed by atoms with Gasteiger partial charge >= 0.3 is 0 Å². The van der Waals surface area contributed by atoms with E-state index >= 15 is 0 Å². The number of carbonyl (C=O) groups excluding carboxylic acids is 2. The molecule has 1 aliphatic rings. The van der Waals surface area contributed by atoms with Crippen LogP contribution in [0.3, 0.4) is 0 Å². The van der Waals surface area contributed by atoms with Gasteiger partial charge in [-0.2, -0.15) is 0 Å². The van der Waals surface area contributed by atoms with Gasteiger partial charge in [0.05, 0.1) is 33.0 Å². The molecule has 1 atom stereocenters. The zero-order valence-corrected chi connectivity index (χ0v) is 19.4. The number of benzene rings is 1. The van der Waals surface area contributed by atoms with Gasteiger partial charge in [-0.15, -0.1) is 0 Å². The van der Waals surface area contributed by atoms with E-state index in [9.17, 15) is 24.3 Å². The number of carbonyl (C=O) groups is 2. The second kappa shape index (κ2) is 12.8. The van der Waals surface area contributed by atoms with E-state index in [1.165, 1.54) is 5.57 Å². The van der Waals surface area contributed by atoms with E-state index in [1.54, 1.807) is 24.3 Å². The van der Waals surface area contributed by atoms with E-state index in [0.717, 1.165) is 0 Å². The number of ether oxygens (including phenoxy) is 3. The lowest BCUT2D eigenvalue weighted by atomic mass is 10.1. The normalized spacial score (nSPS) is 14.4. The molecule has 2 aromatic carbocycles. The zero-order chi connectivity index (χ0) is 25.2. The van der Waals surface area contributed by atoms with Crippen LogP contribution in [0.4, 0.5) is 11.4 Å². The smallest absolute Gasteiger partial charge is 0.271 e. The van der Waals surface area contributed by atoms with E-state index < -0.39 is 16.6 Å². The van der Waals surface area contributed by atoms with Crippen molar-refractivity contribution in [3.05, 3.63) is 61.9 Å². The Labute approximate surface area is 201 Å². The summed E-state index contributed by atoms with van der Waals surface area (Å²) in [6, 6.07) is 6.21. The summed E-state index contributed by atoms with van der Waals surface area (Å²) in [5.41, 5.74) is 0.313. The number of hydrogen-bond acceptors (Lipinski definition) is 9. The molecule has 2 amide bonds. The van der Waals surface area contributed by atoms with Crippen molar-refractivity contribution in [1.82, 2.24) is 10.6 Å². The molecular weight excluding hydrogens is 458 g/mol. The molecule has 3 rings (SSSR count). The minimum absolute atomic E-state index is 0.0412. The molecule has 0 spiro atoms. The molecule has 0 saturated heterocycles. The van der Waals surface area contributed by atoms with Gasteiger partial charge in [-0.05, 0) is 31.2 Å². The predicted molar refractivity (Wildman–Crippen MR) is 128 cm³/mol. The van der Waals surface area contributed by atoms with Crippen LogP contribution in [0.25, 0.3) is 0 Å². The Balaban J connectivity index is 1.16. The fourth-order valence-electron chi connectivity index (χ4n) is 3.05. The molecule has 1 unspecified atom stereocenters. The topological polar surface area (TPSA) is 152 Å². The van der Waals surface area contributed by atoms with Gasteiger partial charge in [0.15, 0.2) is 5.75 Å². The molecule has 4 N–H and O–H groups in total. The molecule has 0 saturated carbocycles. The number of amides is 2. The van der Waals surface area contributed by atoms with E-state index in [1.807, 2.05) is 6.92 Å². The van der Waals surface area contributed by atoms with Crippen LogP contribution in [0.15, 0.2) is 45.5 Å². The Morgan fingerprint density at radius 2 is 1.54 bits per heavy atom. The first-order chi connectivity index (χ1) is 16.9. The van der Waals surface area contributed by atoms with Crippen molar-refractivity contribution < 1.29 is 28.9 Å². The Bertz CT molecular complexity index is 1120. The third-order valence-corrected chi connectivity index (χ3v) is 5.24. The number of anilines is 2. The zero-order valence-electron chi connectivity index (χ0n) is 19.4. The second-order valence-electron chi connectivity index (χ2n) is 7.95. The standard InChI is InChI=1S/C24H29N3O8/c1-15-12-17(15)13-35-14-19(28)25-6-8-33-10-11-34-9-7-26-24(32)16-2-4-18(5-3-16)27-20-21(29)23(31)22(20)30/h2-5,12,17,27,29H,6-11,13-14H2,1H3,(H,25,28)(H,26,32). The van der Waals surface area contributed by atoms with Crippen LogP contribution in [-0.2, 0) is 19.0 Å². The Kier molecular flexibility index (Phi) is 9.53. The van der Waals surface area contributed by atoms with Crippen LogP contribution in [0, 0.1) is 5.92 Å². The minimum atomic E-state index is -0.917. The van der Waals surface area contributed by atoms with E-state index in [4.69, 9.17) is 14.2 Å². The lowest BCUT2D eigenvalue weighted by Crippen LogP contribution is -2.32. The highest BCUT2D eigenvalue weighted by Gasteiger charge is 2.20. The van der Waals surface area contributed by atoms with Gasteiger partial charge in [0, 0.05) is 30.3 Å². The van der Waals surface area contributed by atoms with Gasteiger partial charge in [-0.3, -0.25) is 19.2 Å². The average molecular weight is 488 g/mol. The summed E-state index contributed by atoms with van der Waals surface area (Å²) in [6.07, 6.45) is 2.10. The summed E-state index contributed by atoms with van der Waals surface area (Å²) in [5.74, 6) is -0.668. The van der Waals surface area contributed by atoms with Crippen molar-refractivity contribution in [2.75, 3.05) is 58.0 Å². The summed E-state index contributed by atoms with van der Waals surface area (Å²) >= 11 is 0. The molecule has 0 aromatic heterocycles. The Morgan fingerprint density at radius 3 is 2.14 bits per heavy atom. The molecule has 188 valence electrons. The molecule has 0 aliphatic heterocycles. The third kappa shape index (κ3) is 8.02. The largest absolute Gasteiger partial charge is 0.502 e. The average Bonchev–Trinajstić information content (AvgIpc) is 3.57. The van der Waals surface area contributed by atoms with Crippen LogP contribution in [-0.4, -0.2) is 69.7 Å². The van der Waals surface area contributed by atoms with Crippen molar-refractivity contribution in [2.45, 2.75) is 6.92 Å². The first-order valence-corrected chi connectivity index (χ1v) is 11.2. The first kappa shape index (κ1) is 26.1. The van der Waals surface area contributed by atoms with Crippen LogP contribution in [0.1, 0.15) is 17.3 Å². The van der Waals surface area contributed by atoms with Crippen LogP contribution < -0.4 is 26.8 Å². The Morgan fingerprint density at radius 1 is 0.914 bits per heavy atom. The number of nitrogens with one attached hydrogen (secondary N) is 3. The van der Waals surface area contributed by atoms with E-state index in [0.29, 0.717) is 63.3 Å². The van der Waals surface area contributed by atoms with Crippen LogP contribution >= 0.6 is 0 Å². The molecule has 0 heterocycles. The molecule has 11 nitrogen and oxygen atoms in total. The fourth-order valence-corrected chi connectivity index (χ4v) is 3.05. The molecule has 35 heavy (non-hydrogen) atoms. The summed E-state index contributed by atoms with van der Waals surface area (Å²) in [4.78, 5) is 46.1. The summed E-state index contributed by atoms with van der Waals surface area (Å²) < 4.78 is 16.1. The maximum absolute atomic E-state index is 12.2. The van der Waals surface area contributed by atoms with Gasteiger partial charge in [0.2, 0.25) is 5.91 Å². The van der Waals surface area contributed by atoms with Crippen molar-refractivity contribution in [1.29, 1.82) is 0 Å². The molecule has 1 aliphatic carbocycles. The number of hydrogen-bond donors (Lipinski definition) is 4. The first-order valence-electron chi connectivity index (χ1n) is 11.2. The molecule has 0 fully saturated rings. The highest BCUT2D eigenvalue weighted by atomic mass is 16.5. The van der Waals surface area contributed by atoms with E-state index in [-0.39, 0.29) is 24.1 Å². The molecule has 11 heteroatoms. The summed E-state index contributed by atoms with van der Waals surface area (Å²) in [7, 11) is 0. The third-order valence-electron chi connectivity index (χ3n) is 5.24. The maximum Gasteiger partial charge on any atom is 0.271 e. The minimum Gasteiger partial charge on any atom is -0.502 e. The van der Waals surface area contributed by atoms with Crippen LogP contribution in [0.5, 0.6) is 5.75 Å². The SMILES string of the molecule is CC1=CC1COCC(=O)NCCOCCOCCNC(=O)c1ccc(Nc2c(O)c(=O)c2=O)cc1.